The first-order chi connectivity index (χ1) is 9.86. The molecular formula is C14H16F3N3O. The van der Waals surface area contributed by atoms with Gasteiger partial charge in [-0.25, -0.2) is 5.01 Å². The van der Waals surface area contributed by atoms with Crippen LogP contribution < -0.4 is 0 Å². The highest BCUT2D eigenvalue weighted by atomic mass is 19.4. The summed E-state index contributed by atoms with van der Waals surface area (Å²) < 4.78 is 39.1. The summed E-state index contributed by atoms with van der Waals surface area (Å²) in [5, 5.41) is 8.48. The van der Waals surface area contributed by atoms with E-state index in [1.54, 1.807) is 6.07 Å². The molecule has 0 spiro atoms. The quantitative estimate of drug-likeness (QED) is 0.790. The number of halogens is 3. The highest BCUT2D eigenvalue weighted by molar-refractivity contribution is 5.74. The van der Waals surface area contributed by atoms with Gasteiger partial charge >= 0.3 is 6.18 Å². The van der Waals surface area contributed by atoms with Crippen molar-refractivity contribution in [2.75, 3.05) is 0 Å². The molecule has 114 valence electrons. The molecule has 0 fully saturated rings. The zero-order valence-electron chi connectivity index (χ0n) is 11.8. The molecule has 1 aliphatic heterocycles. The molecule has 0 radical (unpaired) electrons. The van der Waals surface area contributed by atoms with Crippen molar-refractivity contribution in [3.8, 4) is 0 Å². The summed E-state index contributed by atoms with van der Waals surface area (Å²) in [5.41, 5.74) is -0.583. The molecule has 1 aromatic carbocycles. The maximum absolute atomic E-state index is 13.0. The average molecular weight is 299 g/mol. The number of carbonyl (C=O) groups is 1. The molecule has 0 saturated heterocycles. The summed E-state index contributed by atoms with van der Waals surface area (Å²) in [7, 11) is 0. The van der Waals surface area contributed by atoms with E-state index in [1.807, 2.05) is 6.92 Å². The number of amides is 1. The van der Waals surface area contributed by atoms with Crippen molar-refractivity contribution in [3.63, 3.8) is 0 Å². The van der Waals surface area contributed by atoms with E-state index in [1.165, 1.54) is 13.0 Å². The van der Waals surface area contributed by atoms with E-state index < -0.39 is 17.8 Å². The topological polar surface area (TPSA) is 45.0 Å². The first-order valence-electron chi connectivity index (χ1n) is 6.77. The highest BCUT2D eigenvalue weighted by Gasteiger charge is 2.38. The first kappa shape index (κ1) is 15.5. The lowest BCUT2D eigenvalue weighted by Crippen LogP contribution is -2.30. The Morgan fingerprint density at radius 1 is 1.38 bits per heavy atom. The van der Waals surface area contributed by atoms with Crippen LogP contribution in [0, 0.1) is 0 Å². The van der Waals surface area contributed by atoms with E-state index >= 15 is 0 Å². The summed E-state index contributed by atoms with van der Waals surface area (Å²) in [4.78, 5) is 11.6. The van der Waals surface area contributed by atoms with Gasteiger partial charge in [0.25, 0.3) is 0 Å². The maximum Gasteiger partial charge on any atom is 0.418 e. The largest absolute Gasteiger partial charge is 0.418 e. The molecule has 0 aromatic heterocycles. The third-order valence-corrected chi connectivity index (χ3v) is 3.42. The lowest BCUT2D eigenvalue weighted by molar-refractivity contribution is -0.137. The molecule has 1 amide bonds. The standard InChI is InChI=1S/C14H16F3N3O/c1-3-4-8-12-10-6-5-7-11(14(15,16)17)13(10)18-19-20(12)9(2)21/h5-7,12H,3-4,8H2,1-2H3. The molecule has 0 saturated carbocycles. The molecule has 2 rings (SSSR count). The highest BCUT2D eigenvalue weighted by Crippen LogP contribution is 2.45. The Bertz CT molecular complexity index is 569. The Balaban J connectivity index is 2.51. The van der Waals surface area contributed by atoms with Crippen molar-refractivity contribution in [2.45, 2.75) is 45.3 Å². The summed E-state index contributed by atoms with van der Waals surface area (Å²) in [6.07, 6.45) is -2.26. The van der Waals surface area contributed by atoms with E-state index in [9.17, 15) is 18.0 Å². The van der Waals surface area contributed by atoms with Crippen LogP contribution >= 0.6 is 0 Å². The normalized spacial score (nSPS) is 17.8. The molecule has 0 bridgehead atoms. The van der Waals surface area contributed by atoms with E-state index in [4.69, 9.17) is 0 Å². The summed E-state index contributed by atoms with van der Waals surface area (Å²) >= 11 is 0. The number of nitrogens with zero attached hydrogens (tertiary/aromatic N) is 3. The smallest absolute Gasteiger partial charge is 0.273 e. The number of benzene rings is 1. The van der Waals surface area contributed by atoms with Gasteiger partial charge in [-0.3, -0.25) is 4.79 Å². The van der Waals surface area contributed by atoms with Crippen LogP contribution in [0.15, 0.2) is 28.5 Å². The van der Waals surface area contributed by atoms with Crippen molar-refractivity contribution in [1.29, 1.82) is 0 Å². The summed E-state index contributed by atoms with van der Waals surface area (Å²) in [6, 6.07) is 3.42. The summed E-state index contributed by atoms with van der Waals surface area (Å²) in [6.45, 7) is 3.31. The number of rotatable bonds is 3. The van der Waals surface area contributed by atoms with Gasteiger partial charge in [-0.05, 0) is 12.5 Å². The van der Waals surface area contributed by atoms with E-state index in [-0.39, 0.29) is 11.6 Å². The second kappa shape index (κ2) is 5.83. The van der Waals surface area contributed by atoms with Gasteiger partial charge < -0.3 is 0 Å². The Morgan fingerprint density at radius 3 is 2.67 bits per heavy atom. The van der Waals surface area contributed by atoms with Gasteiger partial charge in [0.15, 0.2) is 0 Å². The zero-order chi connectivity index (χ0) is 15.6. The van der Waals surface area contributed by atoms with Crippen molar-refractivity contribution < 1.29 is 18.0 Å². The SMILES string of the molecule is CCCCC1c2cccc(C(F)(F)F)c2N=NN1C(C)=O. The van der Waals surface area contributed by atoms with Gasteiger partial charge in [0.1, 0.15) is 5.69 Å². The van der Waals surface area contributed by atoms with Gasteiger partial charge in [0, 0.05) is 12.5 Å². The lowest BCUT2D eigenvalue weighted by Gasteiger charge is -2.30. The van der Waals surface area contributed by atoms with Crippen LogP contribution in [0.1, 0.15) is 50.3 Å². The number of carbonyl (C=O) groups excluding carboxylic acids is 1. The average Bonchev–Trinajstić information content (AvgIpc) is 2.42. The Hall–Kier alpha value is -1.92. The third kappa shape index (κ3) is 3.06. The fourth-order valence-electron chi connectivity index (χ4n) is 2.42. The van der Waals surface area contributed by atoms with E-state index in [2.05, 4.69) is 10.3 Å². The number of hydrogen-bond donors (Lipinski definition) is 0. The third-order valence-electron chi connectivity index (χ3n) is 3.42. The van der Waals surface area contributed by atoms with E-state index in [0.717, 1.165) is 23.9 Å². The minimum Gasteiger partial charge on any atom is -0.273 e. The van der Waals surface area contributed by atoms with Crippen LogP contribution in [0.5, 0.6) is 0 Å². The van der Waals surface area contributed by atoms with Gasteiger partial charge in [-0.1, -0.05) is 37.1 Å². The molecule has 21 heavy (non-hydrogen) atoms. The Morgan fingerprint density at radius 2 is 2.10 bits per heavy atom. The molecule has 7 heteroatoms. The zero-order valence-corrected chi connectivity index (χ0v) is 11.8. The molecule has 4 nitrogen and oxygen atoms in total. The van der Waals surface area contributed by atoms with Crippen LogP contribution in [0.4, 0.5) is 18.9 Å². The number of hydrogen-bond acceptors (Lipinski definition) is 3. The molecule has 1 heterocycles. The summed E-state index contributed by atoms with van der Waals surface area (Å²) in [5.74, 6) is -0.331. The van der Waals surface area contributed by atoms with Crippen LogP contribution in [0.25, 0.3) is 0 Å². The molecule has 0 aliphatic carbocycles. The minimum absolute atomic E-state index is 0.177. The van der Waals surface area contributed by atoms with Crippen molar-refractivity contribution >= 4 is 11.6 Å². The molecule has 0 N–H and O–H groups in total. The molecular weight excluding hydrogens is 283 g/mol. The van der Waals surface area contributed by atoms with Gasteiger partial charge in [0.2, 0.25) is 5.91 Å². The second-order valence-corrected chi connectivity index (χ2v) is 4.95. The molecule has 1 unspecified atom stereocenters. The molecule has 1 atom stereocenters. The number of fused-ring (bicyclic) bond motifs is 1. The molecule has 1 aliphatic rings. The number of unbranched alkanes of at least 4 members (excludes halogenated alkanes) is 1. The van der Waals surface area contributed by atoms with Crippen LogP contribution in [0.3, 0.4) is 0 Å². The second-order valence-electron chi connectivity index (χ2n) is 4.95. The van der Waals surface area contributed by atoms with Gasteiger partial charge in [0.05, 0.1) is 11.6 Å². The minimum atomic E-state index is -4.49. The van der Waals surface area contributed by atoms with E-state index in [0.29, 0.717) is 12.0 Å². The first-order valence-corrected chi connectivity index (χ1v) is 6.77. The monoisotopic (exact) mass is 299 g/mol. The van der Waals surface area contributed by atoms with Crippen molar-refractivity contribution in [2.24, 2.45) is 10.3 Å². The molecule has 1 aromatic rings. The lowest BCUT2D eigenvalue weighted by atomic mass is 9.95. The fraction of sp³-hybridized carbons (Fsp3) is 0.500. The Kier molecular flexibility index (Phi) is 4.29. The fourth-order valence-corrected chi connectivity index (χ4v) is 2.42. The van der Waals surface area contributed by atoms with Gasteiger partial charge in [-0.15, -0.1) is 5.11 Å². The van der Waals surface area contributed by atoms with Crippen LogP contribution in [0.2, 0.25) is 0 Å². The maximum atomic E-state index is 13.0. The number of alkyl halides is 3. The Labute approximate surface area is 120 Å². The van der Waals surface area contributed by atoms with Crippen LogP contribution in [-0.4, -0.2) is 10.9 Å². The van der Waals surface area contributed by atoms with Crippen LogP contribution in [-0.2, 0) is 11.0 Å². The van der Waals surface area contributed by atoms with Gasteiger partial charge in [-0.2, -0.15) is 13.2 Å². The predicted octanol–water partition coefficient (Wildman–Crippen LogP) is 4.80. The predicted molar refractivity (Wildman–Crippen MR) is 70.7 cm³/mol. The van der Waals surface area contributed by atoms with Crippen molar-refractivity contribution in [1.82, 2.24) is 5.01 Å². The van der Waals surface area contributed by atoms with Crippen molar-refractivity contribution in [3.05, 3.63) is 29.3 Å².